The van der Waals surface area contributed by atoms with Crippen molar-refractivity contribution >= 4 is 5.82 Å². The zero-order valence-corrected chi connectivity index (χ0v) is 9.73. The zero-order chi connectivity index (χ0) is 14.0. The molecule has 1 aromatic heterocycles. The summed E-state index contributed by atoms with van der Waals surface area (Å²) in [6.07, 6.45) is -2.41. The number of halogens is 1. The predicted molar refractivity (Wildman–Crippen MR) is 61.8 cm³/mol. The van der Waals surface area contributed by atoms with Gasteiger partial charge in [-0.05, 0) is 6.07 Å². The van der Waals surface area contributed by atoms with Crippen LogP contribution in [0.1, 0.15) is 6.23 Å². The van der Waals surface area contributed by atoms with Gasteiger partial charge in [0.2, 0.25) is 0 Å². The second-order valence-corrected chi connectivity index (χ2v) is 4.68. The summed E-state index contributed by atoms with van der Waals surface area (Å²) < 4.78 is 20.4. The molecule has 8 heteroatoms. The first-order valence-electron chi connectivity index (χ1n) is 5.59. The molecular weight excluding hydrogens is 257 g/mol. The average molecular weight is 269 g/mol. The van der Waals surface area contributed by atoms with E-state index in [-0.39, 0.29) is 5.82 Å². The molecule has 19 heavy (non-hydrogen) atoms. The lowest BCUT2D eigenvalue weighted by Gasteiger charge is -2.21. The molecule has 1 saturated heterocycles. The van der Waals surface area contributed by atoms with Gasteiger partial charge in [-0.15, -0.1) is 6.58 Å². The predicted octanol–water partition coefficient (Wildman–Crippen LogP) is -1.28. The van der Waals surface area contributed by atoms with Gasteiger partial charge in [0.25, 0.3) is 0 Å². The fraction of sp³-hybridized carbons (Fsp3) is 0.455. The minimum atomic E-state index is -2.08. The minimum Gasteiger partial charge on any atom is -0.386 e. The topological polar surface area (TPSA) is 111 Å². The van der Waals surface area contributed by atoms with E-state index in [1.807, 2.05) is 0 Å². The van der Waals surface area contributed by atoms with E-state index in [0.29, 0.717) is 0 Å². The van der Waals surface area contributed by atoms with Crippen LogP contribution >= 0.6 is 0 Å². The molecule has 7 nitrogen and oxygen atoms in total. The van der Waals surface area contributed by atoms with E-state index in [9.17, 15) is 19.4 Å². The molecule has 2 fully saturated rings. The Morgan fingerprint density at radius 2 is 2.37 bits per heavy atom. The Kier molecular flexibility index (Phi) is 2.20. The normalized spacial score (nSPS) is 43.8. The first-order valence-corrected chi connectivity index (χ1v) is 5.59. The molecule has 0 aromatic carbocycles. The number of hydrogen-bond acceptors (Lipinski definition) is 6. The number of ether oxygens (including phenoxy) is 1. The Morgan fingerprint density at radius 1 is 1.68 bits per heavy atom. The second kappa shape index (κ2) is 3.41. The fourth-order valence-electron chi connectivity index (χ4n) is 2.60. The monoisotopic (exact) mass is 269 g/mol. The van der Waals surface area contributed by atoms with E-state index < -0.39 is 35.4 Å². The second-order valence-electron chi connectivity index (χ2n) is 4.68. The highest BCUT2D eigenvalue weighted by Gasteiger charge is 2.87. The molecule has 4 N–H and O–H groups in total. The Morgan fingerprint density at radius 3 is 2.89 bits per heavy atom. The van der Waals surface area contributed by atoms with E-state index in [0.717, 1.165) is 10.6 Å². The van der Waals surface area contributed by atoms with Crippen LogP contribution in [0.2, 0.25) is 0 Å². The van der Waals surface area contributed by atoms with Crippen molar-refractivity contribution in [2.45, 2.75) is 29.7 Å². The maximum absolute atomic E-state index is 14.3. The van der Waals surface area contributed by atoms with Crippen LogP contribution in [-0.4, -0.2) is 43.2 Å². The number of aliphatic hydroxyl groups excluding tert-OH is 1. The molecule has 3 rings (SSSR count). The van der Waals surface area contributed by atoms with Gasteiger partial charge in [0.15, 0.2) is 23.6 Å². The van der Waals surface area contributed by atoms with Crippen molar-refractivity contribution in [2.24, 2.45) is 0 Å². The lowest BCUT2D eigenvalue weighted by Crippen LogP contribution is -2.38. The molecule has 1 aliphatic heterocycles. The average Bonchev–Trinajstić information content (AvgIpc) is 2.73. The number of nitrogen functional groups attached to an aromatic ring is 1. The molecule has 1 saturated carbocycles. The minimum absolute atomic E-state index is 0.00278. The Bertz CT molecular complexity index is 620. The standard InChI is InChI=1S/C11H12FN3O4/c1-2-10-8(16)11(10,18)6(12)7(19-10)15-4-3-5(13)14-9(15)17/h2-4,6-8,16,18H,1H2,(H2,13,14,17)/t6-,7+,8?,10+,11+/m0/s1. The molecule has 0 radical (unpaired) electrons. The number of aromatic nitrogens is 2. The molecule has 102 valence electrons. The summed E-state index contributed by atoms with van der Waals surface area (Å²) in [5.74, 6) is -0.00278. The number of nitrogens with zero attached hydrogens (tertiary/aromatic N) is 2. The van der Waals surface area contributed by atoms with Crippen LogP contribution in [0.4, 0.5) is 10.2 Å². The highest BCUT2D eigenvalue weighted by atomic mass is 19.1. The number of nitrogens with two attached hydrogens (primary N) is 1. The number of rotatable bonds is 2. The Balaban J connectivity index is 2.02. The van der Waals surface area contributed by atoms with Crippen LogP contribution in [0.3, 0.4) is 0 Å². The van der Waals surface area contributed by atoms with Crippen molar-refractivity contribution in [3.63, 3.8) is 0 Å². The number of aliphatic hydroxyl groups is 2. The van der Waals surface area contributed by atoms with Crippen molar-refractivity contribution in [2.75, 3.05) is 5.73 Å². The highest BCUT2D eigenvalue weighted by Crippen LogP contribution is 2.63. The first kappa shape index (κ1) is 12.3. The summed E-state index contributed by atoms with van der Waals surface area (Å²) in [4.78, 5) is 15.1. The van der Waals surface area contributed by atoms with Gasteiger partial charge < -0.3 is 20.7 Å². The molecule has 2 aliphatic rings. The third kappa shape index (κ3) is 1.20. The summed E-state index contributed by atoms with van der Waals surface area (Å²) in [5, 5.41) is 19.6. The lowest BCUT2D eigenvalue weighted by molar-refractivity contribution is -0.0800. The SMILES string of the molecule is C=C[C@]12O[C@@H](n3ccc(N)nc3=O)[C@H](F)[C@@]1(O)C2O. The molecule has 0 amide bonds. The van der Waals surface area contributed by atoms with Gasteiger partial charge in [0, 0.05) is 6.20 Å². The summed E-state index contributed by atoms with van der Waals surface area (Å²) in [7, 11) is 0. The van der Waals surface area contributed by atoms with E-state index >= 15 is 0 Å². The molecule has 1 aliphatic carbocycles. The molecule has 5 atom stereocenters. The van der Waals surface area contributed by atoms with Crippen LogP contribution in [-0.2, 0) is 4.74 Å². The van der Waals surface area contributed by atoms with Gasteiger partial charge in [-0.2, -0.15) is 4.98 Å². The summed E-state index contributed by atoms with van der Waals surface area (Å²) in [5.41, 5.74) is 0.864. The van der Waals surface area contributed by atoms with Gasteiger partial charge in [0.05, 0.1) is 0 Å². The Hall–Kier alpha value is -1.77. The summed E-state index contributed by atoms with van der Waals surface area (Å²) in [6.45, 7) is 3.42. The molecule has 0 bridgehead atoms. The van der Waals surface area contributed by atoms with Crippen molar-refractivity contribution in [3.8, 4) is 0 Å². The van der Waals surface area contributed by atoms with Crippen molar-refractivity contribution in [1.82, 2.24) is 9.55 Å². The Labute approximate surface area is 106 Å². The maximum Gasteiger partial charge on any atom is 0.351 e. The summed E-state index contributed by atoms with van der Waals surface area (Å²) in [6, 6.07) is 1.31. The van der Waals surface area contributed by atoms with E-state index in [2.05, 4.69) is 11.6 Å². The maximum atomic E-state index is 14.3. The van der Waals surface area contributed by atoms with Gasteiger partial charge in [-0.25, -0.2) is 9.18 Å². The summed E-state index contributed by atoms with van der Waals surface area (Å²) >= 11 is 0. The molecule has 2 heterocycles. The van der Waals surface area contributed by atoms with Crippen molar-refractivity contribution < 1.29 is 19.3 Å². The number of fused-ring (bicyclic) bond motifs is 1. The van der Waals surface area contributed by atoms with Crippen LogP contribution in [0, 0.1) is 0 Å². The molecule has 0 spiro atoms. The largest absolute Gasteiger partial charge is 0.386 e. The molecular formula is C11H12FN3O4. The quantitative estimate of drug-likeness (QED) is 0.577. The zero-order valence-electron chi connectivity index (χ0n) is 9.73. The van der Waals surface area contributed by atoms with Crippen LogP contribution in [0.15, 0.2) is 29.7 Å². The van der Waals surface area contributed by atoms with Gasteiger partial charge in [-0.3, -0.25) is 4.57 Å². The number of alkyl halides is 1. The number of hydrogen-bond donors (Lipinski definition) is 3. The van der Waals surface area contributed by atoms with Crippen LogP contribution in [0.25, 0.3) is 0 Å². The van der Waals surface area contributed by atoms with Gasteiger partial charge in [0.1, 0.15) is 11.9 Å². The van der Waals surface area contributed by atoms with Crippen LogP contribution < -0.4 is 11.4 Å². The number of anilines is 1. The lowest BCUT2D eigenvalue weighted by atomic mass is 10.1. The van der Waals surface area contributed by atoms with E-state index in [1.54, 1.807) is 0 Å². The van der Waals surface area contributed by atoms with E-state index in [4.69, 9.17) is 10.5 Å². The van der Waals surface area contributed by atoms with Crippen LogP contribution in [0.5, 0.6) is 0 Å². The molecule has 1 unspecified atom stereocenters. The van der Waals surface area contributed by atoms with E-state index in [1.165, 1.54) is 12.3 Å². The first-order chi connectivity index (χ1) is 8.88. The van der Waals surface area contributed by atoms with Gasteiger partial charge >= 0.3 is 5.69 Å². The highest BCUT2D eigenvalue weighted by molar-refractivity contribution is 5.41. The third-order valence-electron chi connectivity index (χ3n) is 3.78. The van der Waals surface area contributed by atoms with Gasteiger partial charge in [-0.1, -0.05) is 6.08 Å². The smallest absolute Gasteiger partial charge is 0.351 e. The molecule has 1 aromatic rings. The van der Waals surface area contributed by atoms with Crippen molar-refractivity contribution in [1.29, 1.82) is 0 Å². The third-order valence-corrected chi connectivity index (χ3v) is 3.78. The fourth-order valence-corrected chi connectivity index (χ4v) is 2.60. The van der Waals surface area contributed by atoms with Crippen molar-refractivity contribution in [3.05, 3.63) is 35.4 Å².